The first-order valence-corrected chi connectivity index (χ1v) is 9.84. The molecule has 0 aliphatic carbocycles. The van der Waals surface area contributed by atoms with Crippen LogP contribution in [0.15, 0.2) is 97.1 Å². The van der Waals surface area contributed by atoms with Gasteiger partial charge < -0.3 is 5.11 Å². The molecule has 0 aliphatic heterocycles. The van der Waals surface area contributed by atoms with Crippen molar-refractivity contribution >= 4 is 0 Å². The SMILES string of the molecule is CCCc1ccc(-c2ccc(-c3ccccc3)c(O)c2-c2ccccc2)cc1. The van der Waals surface area contributed by atoms with Crippen LogP contribution in [0.1, 0.15) is 18.9 Å². The third-order valence-electron chi connectivity index (χ3n) is 5.13. The molecule has 4 aromatic rings. The van der Waals surface area contributed by atoms with E-state index in [-0.39, 0.29) is 0 Å². The summed E-state index contributed by atoms with van der Waals surface area (Å²) in [7, 11) is 0. The van der Waals surface area contributed by atoms with Crippen molar-refractivity contribution in [1.29, 1.82) is 0 Å². The van der Waals surface area contributed by atoms with Gasteiger partial charge in [0.25, 0.3) is 0 Å². The van der Waals surface area contributed by atoms with E-state index in [0.717, 1.165) is 46.2 Å². The summed E-state index contributed by atoms with van der Waals surface area (Å²) < 4.78 is 0. The van der Waals surface area contributed by atoms with Crippen LogP contribution in [-0.4, -0.2) is 5.11 Å². The molecule has 1 nitrogen and oxygen atoms in total. The van der Waals surface area contributed by atoms with Crippen LogP contribution in [0.25, 0.3) is 33.4 Å². The molecule has 0 aromatic heterocycles. The van der Waals surface area contributed by atoms with Crippen LogP contribution in [0.2, 0.25) is 0 Å². The highest BCUT2D eigenvalue weighted by molar-refractivity contribution is 5.93. The van der Waals surface area contributed by atoms with E-state index in [1.54, 1.807) is 0 Å². The molecule has 0 heterocycles. The lowest BCUT2D eigenvalue weighted by atomic mass is 9.89. The van der Waals surface area contributed by atoms with Crippen LogP contribution in [0.3, 0.4) is 0 Å². The standard InChI is InChI=1S/C27H24O/c1-2-9-20-14-16-22(17-15-20)24-18-19-25(21-10-5-3-6-11-21)27(28)26(24)23-12-7-4-8-13-23/h3-8,10-19,28H,2,9H2,1H3. The second-order valence-corrected chi connectivity index (χ2v) is 7.06. The molecule has 1 N–H and O–H groups in total. The first kappa shape index (κ1) is 18.1. The average molecular weight is 364 g/mol. The molecule has 138 valence electrons. The van der Waals surface area contributed by atoms with Crippen LogP contribution in [0.5, 0.6) is 5.75 Å². The van der Waals surface area contributed by atoms with Gasteiger partial charge in [-0.25, -0.2) is 0 Å². The first-order chi connectivity index (χ1) is 13.8. The maximum atomic E-state index is 11.3. The molecule has 4 rings (SSSR count). The minimum atomic E-state index is 0.326. The number of aromatic hydroxyl groups is 1. The van der Waals surface area contributed by atoms with Gasteiger partial charge in [0.15, 0.2) is 0 Å². The van der Waals surface area contributed by atoms with E-state index in [1.807, 2.05) is 54.6 Å². The van der Waals surface area contributed by atoms with Gasteiger partial charge in [0, 0.05) is 11.1 Å². The lowest BCUT2D eigenvalue weighted by molar-refractivity contribution is 0.479. The Hall–Kier alpha value is -3.32. The highest BCUT2D eigenvalue weighted by Gasteiger charge is 2.16. The number of hydrogen-bond donors (Lipinski definition) is 1. The Balaban J connectivity index is 1.90. The lowest BCUT2D eigenvalue weighted by Gasteiger charge is -2.16. The monoisotopic (exact) mass is 364 g/mol. The molecule has 0 amide bonds. The molecular weight excluding hydrogens is 340 g/mol. The number of phenolic OH excluding ortho intramolecular Hbond substituents is 1. The zero-order valence-corrected chi connectivity index (χ0v) is 16.1. The summed E-state index contributed by atoms with van der Waals surface area (Å²) in [6, 6.07) is 33.0. The van der Waals surface area contributed by atoms with Crippen LogP contribution in [0, 0.1) is 0 Å². The van der Waals surface area contributed by atoms with E-state index in [9.17, 15) is 5.11 Å². The molecule has 0 aliphatic rings. The Labute approximate surface area is 166 Å². The first-order valence-electron chi connectivity index (χ1n) is 9.84. The molecule has 1 heteroatoms. The maximum Gasteiger partial charge on any atom is 0.131 e. The molecule has 0 saturated heterocycles. The van der Waals surface area contributed by atoms with Gasteiger partial charge in [-0.15, -0.1) is 0 Å². The number of aryl methyl sites for hydroxylation is 1. The van der Waals surface area contributed by atoms with Gasteiger partial charge >= 0.3 is 0 Å². The van der Waals surface area contributed by atoms with E-state index in [4.69, 9.17) is 0 Å². The van der Waals surface area contributed by atoms with Gasteiger partial charge in [0.05, 0.1) is 0 Å². The number of rotatable bonds is 5. The van der Waals surface area contributed by atoms with Gasteiger partial charge in [-0.3, -0.25) is 0 Å². The van der Waals surface area contributed by atoms with Crippen molar-refractivity contribution in [2.75, 3.05) is 0 Å². The summed E-state index contributed by atoms with van der Waals surface area (Å²) >= 11 is 0. The molecule has 28 heavy (non-hydrogen) atoms. The van der Waals surface area contributed by atoms with Crippen molar-refractivity contribution in [2.45, 2.75) is 19.8 Å². The fourth-order valence-corrected chi connectivity index (χ4v) is 3.72. The van der Waals surface area contributed by atoms with Crippen LogP contribution >= 0.6 is 0 Å². The Kier molecular flexibility index (Phi) is 5.25. The quantitative estimate of drug-likeness (QED) is 0.392. The third kappa shape index (κ3) is 3.57. The molecule has 0 saturated carbocycles. The minimum absolute atomic E-state index is 0.326. The zero-order valence-electron chi connectivity index (χ0n) is 16.1. The van der Waals surface area contributed by atoms with Gasteiger partial charge in [-0.1, -0.05) is 104 Å². The molecule has 0 atom stereocenters. The van der Waals surface area contributed by atoms with Crippen molar-refractivity contribution in [1.82, 2.24) is 0 Å². The Bertz CT molecular complexity index is 1050. The molecule has 0 spiro atoms. The number of phenols is 1. The molecule has 0 fully saturated rings. The van der Waals surface area contributed by atoms with Gasteiger partial charge in [0.1, 0.15) is 5.75 Å². The lowest BCUT2D eigenvalue weighted by Crippen LogP contribution is -1.90. The summed E-state index contributed by atoms with van der Waals surface area (Å²) in [5.74, 6) is 0.326. The fraction of sp³-hybridized carbons (Fsp3) is 0.111. The molecule has 4 aromatic carbocycles. The van der Waals surface area contributed by atoms with Crippen molar-refractivity contribution in [3.63, 3.8) is 0 Å². The number of hydrogen-bond acceptors (Lipinski definition) is 1. The molecule has 0 radical (unpaired) electrons. The second-order valence-electron chi connectivity index (χ2n) is 7.06. The number of benzene rings is 4. The normalized spacial score (nSPS) is 10.8. The summed E-state index contributed by atoms with van der Waals surface area (Å²) in [5.41, 5.74) is 7.28. The van der Waals surface area contributed by atoms with Crippen LogP contribution < -0.4 is 0 Å². The van der Waals surface area contributed by atoms with Gasteiger partial charge in [-0.05, 0) is 40.3 Å². The summed E-state index contributed by atoms with van der Waals surface area (Å²) in [6.07, 6.45) is 2.23. The average Bonchev–Trinajstić information content (AvgIpc) is 2.75. The van der Waals surface area contributed by atoms with Crippen molar-refractivity contribution in [3.05, 3.63) is 103 Å². The Morgan fingerprint density at radius 3 is 1.71 bits per heavy atom. The summed E-state index contributed by atoms with van der Waals surface area (Å²) in [6.45, 7) is 2.20. The van der Waals surface area contributed by atoms with Crippen molar-refractivity contribution < 1.29 is 5.11 Å². The third-order valence-corrected chi connectivity index (χ3v) is 5.13. The highest BCUT2D eigenvalue weighted by Crippen LogP contribution is 2.44. The Morgan fingerprint density at radius 1 is 0.571 bits per heavy atom. The van der Waals surface area contributed by atoms with Gasteiger partial charge in [-0.2, -0.15) is 0 Å². The molecule has 0 unspecified atom stereocenters. The second kappa shape index (κ2) is 8.14. The van der Waals surface area contributed by atoms with Crippen LogP contribution in [0.4, 0.5) is 0 Å². The van der Waals surface area contributed by atoms with E-state index in [1.165, 1.54) is 5.56 Å². The van der Waals surface area contributed by atoms with Gasteiger partial charge in [0.2, 0.25) is 0 Å². The largest absolute Gasteiger partial charge is 0.507 e. The zero-order chi connectivity index (χ0) is 19.3. The predicted octanol–water partition coefficient (Wildman–Crippen LogP) is 7.35. The smallest absolute Gasteiger partial charge is 0.131 e. The predicted molar refractivity (Wildman–Crippen MR) is 118 cm³/mol. The topological polar surface area (TPSA) is 20.2 Å². The van der Waals surface area contributed by atoms with E-state index in [2.05, 4.69) is 49.4 Å². The van der Waals surface area contributed by atoms with Crippen molar-refractivity contribution in [2.24, 2.45) is 0 Å². The summed E-state index contributed by atoms with van der Waals surface area (Å²) in [4.78, 5) is 0. The fourth-order valence-electron chi connectivity index (χ4n) is 3.72. The van der Waals surface area contributed by atoms with E-state index < -0.39 is 0 Å². The molecule has 0 bridgehead atoms. The maximum absolute atomic E-state index is 11.3. The summed E-state index contributed by atoms with van der Waals surface area (Å²) in [5, 5.41) is 11.3. The van der Waals surface area contributed by atoms with E-state index >= 15 is 0 Å². The van der Waals surface area contributed by atoms with Crippen LogP contribution in [-0.2, 0) is 6.42 Å². The minimum Gasteiger partial charge on any atom is -0.507 e. The van der Waals surface area contributed by atoms with Crippen molar-refractivity contribution in [3.8, 4) is 39.1 Å². The molecular formula is C27H24O. The van der Waals surface area contributed by atoms with E-state index in [0.29, 0.717) is 5.75 Å². The Morgan fingerprint density at radius 2 is 1.11 bits per heavy atom. The highest BCUT2D eigenvalue weighted by atomic mass is 16.3.